The number of aliphatic hydroxyl groups excluding tert-OH is 2. The number of ether oxygens (including phenoxy) is 6. The molecule has 0 bridgehead atoms. The maximum absolute atomic E-state index is 16.5. The van der Waals surface area contributed by atoms with Crippen LogP contribution >= 0.6 is 48.2 Å². The zero-order chi connectivity index (χ0) is 107. The first-order valence-electron chi connectivity index (χ1n) is 46.4. The molecule has 2 unspecified atom stereocenters. The van der Waals surface area contributed by atoms with Gasteiger partial charge in [0.25, 0.3) is 22.2 Å². The number of carbonyl (C=O) groups excluding carboxylic acids is 2. The summed E-state index contributed by atoms with van der Waals surface area (Å²) in [6, 6.07) is 1.75. The maximum atomic E-state index is 16.5. The van der Waals surface area contributed by atoms with Crippen molar-refractivity contribution in [2.75, 3.05) is 77.5 Å². The molecule has 18 atom stereocenters. The van der Waals surface area contributed by atoms with Crippen molar-refractivity contribution in [2.24, 2.45) is 16.8 Å². The zero-order valence-corrected chi connectivity index (χ0v) is 90.3. The molecule has 4 fully saturated rings. The third-order valence-corrected chi connectivity index (χ3v) is 42.7. The van der Waals surface area contributed by atoms with Crippen LogP contribution in [0.2, 0.25) is 33.2 Å². The number of aliphatic hydroxyl groups is 2. The van der Waals surface area contributed by atoms with E-state index in [0.717, 1.165) is 17.8 Å². The van der Waals surface area contributed by atoms with Gasteiger partial charge in [-0.3, -0.25) is 90.9 Å². The Labute approximate surface area is 858 Å². The number of imidazole rings is 6. The first-order chi connectivity index (χ1) is 69.7. The molecule has 10 N–H and O–H groups in total. The Morgan fingerprint density at radius 2 is 0.973 bits per heavy atom. The number of halogens is 2. The highest BCUT2D eigenvalue weighted by atomic mass is 32.9. The number of anilines is 2. The number of H-pyrrole nitrogens is 4. The number of hydrogen-bond donors (Lipinski definition) is 10. The van der Waals surface area contributed by atoms with Gasteiger partial charge in [0.15, 0.2) is 98.1 Å². The van der Waals surface area contributed by atoms with E-state index in [2.05, 4.69) is 132 Å². The van der Waals surface area contributed by atoms with Crippen LogP contribution in [0.25, 0.3) is 65.9 Å². The average Bonchev–Trinajstić information content (AvgIpc) is 1.58. The minimum atomic E-state index is -4.27. The Morgan fingerprint density at radius 1 is 0.578 bits per heavy atom. The molecule has 62 heteroatoms. The number of nitrogens with one attached hydrogen (secondary N) is 6. The summed E-state index contributed by atoms with van der Waals surface area (Å²) in [6.07, 6.45) is -13.9. The molecule has 52 nitrogen and oxygen atoms in total. The number of carboxylic acid groups (broad SMARTS) is 2. The summed E-state index contributed by atoms with van der Waals surface area (Å²) in [5.74, 6) is -1.85. The Balaban J connectivity index is 0.000000230. The van der Waals surface area contributed by atoms with Crippen LogP contribution in [0.4, 0.5) is 35.4 Å². The lowest BCUT2D eigenvalue weighted by molar-refractivity contribution is -0.119. The Morgan fingerprint density at radius 3 is 1.37 bits per heavy atom. The molecule has 4 aliphatic heterocycles. The number of nitriles is 1. The van der Waals surface area contributed by atoms with Crippen molar-refractivity contribution in [3.8, 4) is 6.07 Å². The van der Waals surface area contributed by atoms with Gasteiger partial charge in [0.2, 0.25) is 70.1 Å². The predicted octanol–water partition coefficient (Wildman–Crippen LogP) is 11.5. The fourth-order valence-electron chi connectivity index (χ4n) is 18.3. The van der Waals surface area contributed by atoms with Crippen molar-refractivity contribution in [1.29, 1.82) is 5.26 Å². The smallest absolute Gasteiger partial charge is 0.450 e. The number of amides is 2. The van der Waals surface area contributed by atoms with Gasteiger partial charge < -0.3 is 94.9 Å². The van der Waals surface area contributed by atoms with E-state index in [9.17, 15) is 58.8 Å². The molecule has 15 heterocycles. The minimum absolute atomic E-state index is 0.00310. The predicted molar refractivity (Wildman–Crippen MR) is 540 cm³/mol. The van der Waals surface area contributed by atoms with Crippen molar-refractivity contribution >= 4 is 180 Å². The van der Waals surface area contributed by atoms with Gasteiger partial charge in [-0.1, -0.05) is 111 Å². The molecule has 15 rings (SSSR count). The van der Waals surface area contributed by atoms with Crippen molar-refractivity contribution < 1.29 is 113 Å². The second kappa shape index (κ2) is 49.6. The molecule has 0 saturated carbocycles. The molecule has 4 saturated heterocycles. The van der Waals surface area contributed by atoms with Crippen molar-refractivity contribution in [1.82, 2.24) is 96.8 Å². The average molecular weight is 2200 g/mol. The molecule has 0 aromatic carbocycles. The number of rotatable bonds is 40. The highest BCUT2D eigenvalue weighted by Crippen LogP contribution is 2.57. The number of nitrogens with zero attached hydrogens (tertiary/aromatic N) is 20. The van der Waals surface area contributed by atoms with E-state index in [1.54, 1.807) is 70.4 Å². The SMILES string of the molecule is CC#N.CN(C)C=Nc1nc(=S)ss1.[C-]#[N+]CCOP(=S)(OC[C@H]1O[C@@H](n2cnc3c(=O)[nH]c4nccn4c32)[C@H](O[Si](C(C)C)(C(C)C)C(C)C)[C@@H]1OC(=O)O)O[C@@H]1[C@H](F)[C@@H](CO)O[C@H]1n1cnc2c(=O)[nH]c(NC(=O)C(C)C)nc21.[C-]#[N+]CCOP(OC[C@H]1O[C@@H](n2cnc3c(=O)[nH]c4nccn4c32)[C@H](O[Si](C(C)C)(C(C)C)C(C)C)[C@@H]1OC(=O)O)O[C@@H]1[C@H](F)[C@@H](CO)O[C@H]1n1cnc2c(=O)[nH]c(NC(=O)C(C)C)nc21. The molecule has 2 amide bonds. The zero-order valence-electron chi connectivity index (χ0n) is 83.2. The van der Waals surface area contributed by atoms with Gasteiger partial charge >= 0.3 is 27.6 Å². The largest absolute Gasteiger partial charge is 0.506 e. The Hall–Kier alpha value is -11.1. The van der Waals surface area contributed by atoms with Gasteiger partial charge in [0, 0.05) is 57.6 Å². The molecule has 0 spiro atoms. The quantitative estimate of drug-likeness (QED) is 0.00196. The van der Waals surface area contributed by atoms with Gasteiger partial charge in [-0.05, 0) is 78.0 Å². The highest BCUT2D eigenvalue weighted by molar-refractivity contribution is 8.07. The fourth-order valence-corrected chi connectivity index (χ4v) is 34.3. The van der Waals surface area contributed by atoms with Crippen LogP contribution in [0.1, 0.15) is 143 Å². The molecule has 798 valence electrons. The number of carbonyl (C=O) groups is 4. The summed E-state index contributed by atoms with van der Waals surface area (Å²) < 4.78 is 130. The molecule has 147 heavy (non-hydrogen) atoms. The Kier molecular flexibility index (Phi) is 38.7. The van der Waals surface area contributed by atoms with Gasteiger partial charge in [-0.25, -0.2) is 66.4 Å². The van der Waals surface area contributed by atoms with Crippen LogP contribution in [0.5, 0.6) is 0 Å². The van der Waals surface area contributed by atoms with Gasteiger partial charge in [-0.15, -0.1) is 0 Å². The summed E-state index contributed by atoms with van der Waals surface area (Å²) in [6.45, 7) is 39.3. The number of alkyl halides is 2. The molecule has 0 radical (unpaired) electrons. The third kappa shape index (κ3) is 25.1. The maximum Gasteiger partial charge on any atom is 0.506 e. The lowest BCUT2D eigenvalue weighted by Crippen LogP contribution is -2.54. The topological polar surface area (TPSA) is 627 Å². The number of fused-ring (bicyclic) bond motifs is 8. The van der Waals surface area contributed by atoms with Crippen molar-refractivity contribution in [3.63, 3.8) is 0 Å². The second-order valence-electron chi connectivity index (χ2n) is 36.7. The lowest BCUT2D eigenvalue weighted by Gasteiger charge is -2.45. The van der Waals surface area contributed by atoms with Crippen LogP contribution in [0, 0.1) is 40.3 Å². The first kappa shape index (κ1) is 115. The lowest BCUT2D eigenvalue weighted by atomic mass is 10.1. The van der Waals surface area contributed by atoms with Crippen LogP contribution < -0.4 is 32.9 Å². The monoisotopic (exact) mass is 2200 g/mol. The third-order valence-electron chi connectivity index (χ3n) is 24.5. The number of aromatic amines is 4. The van der Waals surface area contributed by atoms with Gasteiger partial charge in [0.1, 0.15) is 62.0 Å². The molecule has 4 aliphatic rings. The number of aliphatic imine (C=N–C) groups is 1. The van der Waals surface area contributed by atoms with Crippen LogP contribution in [-0.2, 0) is 85.8 Å². The summed E-state index contributed by atoms with van der Waals surface area (Å²) in [5.41, 5.74) is -2.52. The normalized spacial score (nSPS) is 22.8. The first-order valence-corrected chi connectivity index (χ1v) is 56.9. The number of hydrogen-bond acceptors (Lipinski definition) is 39. The van der Waals surface area contributed by atoms with Crippen LogP contribution in [0.15, 0.2) is 74.3 Å². The van der Waals surface area contributed by atoms with E-state index in [0.29, 0.717) is 3.95 Å². The standard InChI is InChI=1S/C39H53FN11O13PSSi.C39H53FN11O13PSi.C5H7N3S3.C2H3N/c1-18(2)31(53)46-37-45-30-25(32(54)47-37)43-16-50(30)35-28(24(40)22(14-52)60-35)63-65(66,58-13-11-41-9)59-15-23-27(62-39(56)57)29(64-67(19(3)4,20(5)6)21(7)8)36(61-23)51-17-44-26-33(55)48-38-42-10-12-49(38)34(26)51;1-18(2)31(53)46-37-45-30-25(32(54)47-37)43-16-50(30)35-28(24(40)22(14-52)60-35)63-65(58-13-11-41-9)59-15-23-27(62-39(56)57)29(64-66(19(3)4,20(5)6)21(7)8)36(61-23)51-17-44-26-33(55)48-38-42-10-12-49(38)34(26)51;1-8(2)3-6-4-7-5(9)11-10-4;1-2-3/h10,12,16-24,27-29,35-36,52H,11,13-15H2,1-8H3,(H,56,57)(H,42,48,55)(H2,45,46,47,53,54);10,12,16-24,27-29,35-36,52H,11,13-15H2,1-8H3,(H,56,57)(H,42,48,55)(H2,45,46,47,53,54);3H,1-2H3;1H3/t2*22-,23-,24-,27-,28-,29-,35-,36-,65?;;/m11../s1. The van der Waals surface area contributed by atoms with E-state index < -0.39 is 215 Å². The molecular weight excluding hydrogens is 2090 g/mol. The summed E-state index contributed by atoms with van der Waals surface area (Å²) in [4.78, 5) is 164. The molecule has 11 aromatic heterocycles. The van der Waals surface area contributed by atoms with E-state index in [-0.39, 0.29) is 128 Å². The van der Waals surface area contributed by atoms with Gasteiger partial charge in [-0.2, -0.15) is 20.2 Å². The van der Waals surface area contributed by atoms with Crippen molar-refractivity contribution in [3.05, 3.63) is 118 Å². The summed E-state index contributed by atoms with van der Waals surface area (Å²) >= 11 is 10.7. The number of aromatic nitrogens is 19. The Bertz CT molecular complexity index is 6970. The van der Waals surface area contributed by atoms with Crippen molar-refractivity contribution in [2.45, 2.75) is 249 Å². The van der Waals surface area contributed by atoms with E-state index >= 15 is 8.78 Å². The molecule has 0 aliphatic carbocycles. The van der Waals surface area contributed by atoms with E-state index in [1.807, 2.05) is 60.5 Å². The van der Waals surface area contributed by atoms with Crippen LogP contribution in [-0.4, -0.2) is 304 Å². The van der Waals surface area contributed by atoms with Gasteiger partial charge in [0.05, 0.1) is 64.1 Å². The molecular formula is C85H116F2N26O26P2S4Si2. The van der Waals surface area contributed by atoms with Crippen LogP contribution in [0.3, 0.4) is 0 Å². The van der Waals surface area contributed by atoms with E-state index in [4.69, 9.17) is 107 Å². The molecule has 11 aromatic rings. The summed E-state index contributed by atoms with van der Waals surface area (Å²) in [5, 5.41) is 53.9. The van der Waals surface area contributed by atoms with E-state index in [1.165, 1.54) is 61.8 Å². The fraction of sp³-hybridized carbons (Fsp3) is 0.600. The highest BCUT2D eigenvalue weighted by Gasteiger charge is 2.60. The summed E-state index contributed by atoms with van der Waals surface area (Å²) in [7, 11) is -1.69. The second-order valence-corrected chi connectivity index (χ2v) is 54.3. The minimum Gasteiger partial charge on any atom is -0.450 e.